The van der Waals surface area contributed by atoms with Gasteiger partial charge in [-0.25, -0.2) is 4.98 Å². The SMILES string of the molecule is C[C@H]1CCc2c(ccc(-c3ncc(C4CCNCC4)[nH]3)c2Oc2ccccc2)N1[C]C1CC1. The van der Waals surface area contributed by atoms with Gasteiger partial charge in [-0.2, -0.15) is 0 Å². The Bertz CT molecular complexity index is 1100. The van der Waals surface area contributed by atoms with Crippen molar-refractivity contribution >= 4 is 5.69 Å². The summed E-state index contributed by atoms with van der Waals surface area (Å²) < 4.78 is 6.60. The lowest BCUT2D eigenvalue weighted by molar-refractivity contribution is 0.454. The zero-order valence-corrected chi connectivity index (χ0v) is 19.3. The lowest BCUT2D eigenvalue weighted by atomic mass is 9.93. The standard InChI is InChI=1S/C28H32N4O/c1-19-7-10-23-26(32(19)18-20-8-9-20)12-11-24(27(23)33-22-5-3-2-4-6-22)28-30-17-25(31-28)21-13-15-29-16-14-21/h2-6,11-12,17,19-21,29H,7-10,13-16H2,1H3,(H,30,31)/t19-/m0/s1. The van der Waals surface area contributed by atoms with Crippen LogP contribution in [0.1, 0.15) is 56.2 Å². The lowest BCUT2D eigenvalue weighted by Gasteiger charge is -2.37. The molecule has 170 valence electrons. The number of ether oxygens (including phenoxy) is 1. The van der Waals surface area contributed by atoms with E-state index in [0.717, 1.165) is 61.7 Å². The van der Waals surface area contributed by atoms with Crippen molar-refractivity contribution in [2.24, 2.45) is 5.92 Å². The van der Waals surface area contributed by atoms with Gasteiger partial charge in [0.2, 0.25) is 0 Å². The minimum Gasteiger partial charge on any atom is -0.456 e. The van der Waals surface area contributed by atoms with E-state index in [1.54, 1.807) is 0 Å². The highest BCUT2D eigenvalue weighted by atomic mass is 16.5. The number of anilines is 1. The Morgan fingerprint density at radius 1 is 1.00 bits per heavy atom. The third-order valence-corrected chi connectivity index (χ3v) is 7.24. The Labute approximate surface area is 196 Å². The fourth-order valence-corrected chi connectivity index (χ4v) is 5.13. The Kier molecular flexibility index (Phi) is 5.58. The molecule has 1 saturated heterocycles. The smallest absolute Gasteiger partial charge is 0.143 e. The first-order valence-corrected chi connectivity index (χ1v) is 12.5. The average Bonchev–Trinajstić information content (AvgIpc) is 3.55. The van der Waals surface area contributed by atoms with E-state index in [1.165, 1.54) is 29.8 Å². The Morgan fingerprint density at radius 3 is 2.61 bits per heavy atom. The first-order chi connectivity index (χ1) is 16.3. The quantitative estimate of drug-likeness (QED) is 0.499. The highest BCUT2D eigenvalue weighted by molar-refractivity contribution is 5.76. The van der Waals surface area contributed by atoms with Crippen LogP contribution in [0.5, 0.6) is 11.5 Å². The van der Waals surface area contributed by atoms with E-state index in [-0.39, 0.29) is 0 Å². The Morgan fingerprint density at radius 2 is 1.82 bits per heavy atom. The molecule has 3 heterocycles. The molecule has 3 aromatic rings. The number of nitrogens with zero attached hydrogens (tertiary/aromatic N) is 2. The van der Waals surface area contributed by atoms with Gasteiger partial charge in [0.15, 0.2) is 0 Å². The number of benzene rings is 2. The van der Waals surface area contributed by atoms with E-state index in [9.17, 15) is 0 Å². The molecule has 1 aromatic heterocycles. The molecular formula is C28H32N4O. The molecule has 6 rings (SSSR count). The molecule has 5 nitrogen and oxygen atoms in total. The molecule has 1 saturated carbocycles. The fourth-order valence-electron chi connectivity index (χ4n) is 5.13. The van der Waals surface area contributed by atoms with E-state index in [1.807, 2.05) is 36.5 Å². The predicted octanol–water partition coefficient (Wildman–Crippen LogP) is 5.93. The number of aromatic nitrogens is 2. The third kappa shape index (κ3) is 4.26. The van der Waals surface area contributed by atoms with Gasteiger partial charge < -0.3 is 19.9 Å². The number of rotatable bonds is 6. The van der Waals surface area contributed by atoms with Crippen LogP contribution in [-0.2, 0) is 6.42 Å². The van der Waals surface area contributed by atoms with Gasteiger partial charge in [0.1, 0.15) is 17.3 Å². The highest BCUT2D eigenvalue weighted by Gasteiger charge is 2.33. The van der Waals surface area contributed by atoms with Crippen LogP contribution in [0.25, 0.3) is 11.4 Å². The Balaban J connectivity index is 1.41. The van der Waals surface area contributed by atoms with Crippen molar-refractivity contribution in [1.29, 1.82) is 0 Å². The van der Waals surface area contributed by atoms with Gasteiger partial charge in [-0.1, -0.05) is 18.2 Å². The molecule has 0 bridgehead atoms. The first-order valence-electron chi connectivity index (χ1n) is 12.5. The number of fused-ring (bicyclic) bond motifs is 1. The predicted molar refractivity (Wildman–Crippen MR) is 132 cm³/mol. The number of piperidine rings is 1. The maximum Gasteiger partial charge on any atom is 0.143 e. The van der Waals surface area contributed by atoms with Gasteiger partial charge in [-0.15, -0.1) is 0 Å². The van der Waals surface area contributed by atoms with Crippen LogP contribution < -0.4 is 15.0 Å². The van der Waals surface area contributed by atoms with Crippen molar-refractivity contribution in [2.45, 2.75) is 57.4 Å². The van der Waals surface area contributed by atoms with Crippen molar-refractivity contribution < 1.29 is 4.74 Å². The molecule has 5 heteroatoms. The van der Waals surface area contributed by atoms with Crippen molar-refractivity contribution in [3.05, 3.63) is 66.5 Å². The molecule has 0 amide bonds. The first kappa shape index (κ1) is 20.8. The second-order valence-corrected chi connectivity index (χ2v) is 9.73. The molecular weight excluding hydrogens is 408 g/mol. The fraction of sp³-hybridized carbons (Fsp3) is 0.429. The molecule has 2 N–H and O–H groups in total. The van der Waals surface area contributed by atoms with Crippen LogP contribution >= 0.6 is 0 Å². The number of hydrogen-bond donors (Lipinski definition) is 2. The van der Waals surface area contributed by atoms with E-state index < -0.39 is 0 Å². The van der Waals surface area contributed by atoms with Gasteiger partial charge in [0, 0.05) is 35.1 Å². The minimum atomic E-state index is 0.462. The van der Waals surface area contributed by atoms with Crippen LogP contribution in [0.2, 0.25) is 0 Å². The van der Waals surface area contributed by atoms with Gasteiger partial charge in [-0.05, 0) is 88.7 Å². The molecule has 2 fully saturated rings. The van der Waals surface area contributed by atoms with Crippen molar-refractivity contribution in [3.63, 3.8) is 0 Å². The summed E-state index contributed by atoms with van der Waals surface area (Å²) in [6, 6.07) is 15.0. The van der Waals surface area contributed by atoms with Gasteiger partial charge in [0.05, 0.1) is 12.1 Å². The normalized spacial score (nSPS) is 21.1. The second-order valence-electron chi connectivity index (χ2n) is 9.73. The summed E-state index contributed by atoms with van der Waals surface area (Å²) in [5.41, 5.74) is 4.78. The second kappa shape index (κ2) is 8.86. The minimum absolute atomic E-state index is 0.462. The molecule has 1 atom stereocenters. The zero-order chi connectivity index (χ0) is 22.2. The summed E-state index contributed by atoms with van der Waals surface area (Å²) in [6.07, 6.45) is 8.95. The molecule has 0 spiro atoms. The van der Waals surface area contributed by atoms with Crippen LogP contribution in [0.3, 0.4) is 0 Å². The van der Waals surface area contributed by atoms with E-state index in [2.05, 4.69) is 40.8 Å². The summed E-state index contributed by atoms with van der Waals surface area (Å²) in [4.78, 5) is 10.8. The largest absolute Gasteiger partial charge is 0.456 e. The summed E-state index contributed by atoms with van der Waals surface area (Å²) in [5.74, 6) is 3.84. The summed E-state index contributed by atoms with van der Waals surface area (Å²) in [6.45, 7) is 8.20. The monoisotopic (exact) mass is 440 g/mol. The zero-order valence-electron chi connectivity index (χ0n) is 19.3. The average molecular weight is 441 g/mol. The molecule has 2 radical (unpaired) electrons. The summed E-state index contributed by atoms with van der Waals surface area (Å²) in [5, 5.41) is 3.45. The van der Waals surface area contributed by atoms with Crippen LogP contribution in [0, 0.1) is 12.5 Å². The van der Waals surface area contributed by atoms with E-state index in [4.69, 9.17) is 9.72 Å². The number of nitrogens with one attached hydrogen (secondary N) is 2. The van der Waals surface area contributed by atoms with Gasteiger partial charge >= 0.3 is 0 Å². The van der Waals surface area contributed by atoms with Crippen LogP contribution in [0.15, 0.2) is 48.7 Å². The van der Waals surface area contributed by atoms with E-state index >= 15 is 0 Å². The molecule has 3 aliphatic rings. The maximum absolute atomic E-state index is 6.60. The van der Waals surface area contributed by atoms with Crippen molar-refractivity contribution in [1.82, 2.24) is 15.3 Å². The van der Waals surface area contributed by atoms with Crippen LogP contribution in [-0.4, -0.2) is 29.1 Å². The van der Waals surface area contributed by atoms with Gasteiger partial charge in [-0.3, -0.25) is 0 Å². The number of para-hydroxylation sites is 1. The Hall–Kier alpha value is -2.79. The maximum atomic E-state index is 6.60. The molecule has 33 heavy (non-hydrogen) atoms. The molecule has 0 unspecified atom stereocenters. The van der Waals surface area contributed by atoms with Gasteiger partial charge in [0.25, 0.3) is 0 Å². The number of hydrogen-bond acceptors (Lipinski definition) is 4. The number of imidazole rings is 1. The number of H-pyrrole nitrogens is 1. The summed E-state index contributed by atoms with van der Waals surface area (Å²) >= 11 is 0. The van der Waals surface area contributed by atoms with Crippen LogP contribution in [0.4, 0.5) is 5.69 Å². The summed E-state index contributed by atoms with van der Waals surface area (Å²) in [7, 11) is 0. The third-order valence-electron chi connectivity index (χ3n) is 7.24. The topological polar surface area (TPSA) is 53.2 Å². The van der Waals surface area contributed by atoms with E-state index in [0.29, 0.717) is 17.9 Å². The van der Waals surface area contributed by atoms with Crippen molar-refractivity contribution in [2.75, 3.05) is 18.0 Å². The molecule has 1 aliphatic carbocycles. The van der Waals surface area contributed by atoms with Crippen molar-refractivity contribution in [3.8, 4) is 22.9 Å². The lowest BCUT2D eigenvalue weighted by Crippen LogP contribution is -2.35. The molecule has 2 aromatic carbocycles. The number of aromatic amines is 1. The molecule has 2 aliphatic heterocycles. The highest BCUT2D eigenvalue weighted by Crippen LogP contribution is 2.46.